The molecule has 0 aliphatic rings. The number of nitrogens with zero attached hydrogens (tertiary/aromatic N) is 1. The third-order valence-electron chi connectivity index (χ3n) is 3.08. The minimum absolute atomic E-state index is 0.0565. The highest BCUT2D eigenvalue weighted by Gasteiger charge is 2.18. The number of rotatable bonds is 5. The van der Waals surface area contributed by atoms with E-state index in [9.17, 15) is 0 Å². The Morgan fingerprint density at radius 1 is 1.26 bits per heavy atom. The molecule has 19 heavy (non-hydrogen) atoms. The molecule has 0 fully saturated rings. The molecule has 0 aliphatic carbocycles. The van der Waals surface area contributed by atoms with Crippen molar-refractivity contribution in [3.05, 3.63) is 59.4 Å². The van der Waals surface area contributed by atoms with Gasteiger partial charge in [0.15, 0.2) is 0 Å². The Kier molecular flexibility index (Phi) is 4.53. The van der Waals surface area contributed by atoms with Gasteiger partial charge in [0, 0.05) is 6.20 Å². The Hall–Kier alpha value is -1.87. The van der Waals surface area contributed by atoms with Gasteiger partial charge in [0.05, 0.1) is 13.2 Å². The van der Waals surface area contributed by atoms with Crippen molar-refractivity contribution < 1.29 is 4.74 Å². The number of methoxy groups -OCH3 is 1. The van der Waals surface area contributed by atoms with Gasteiger partial charge >= 0.3 is 0 Å². The molecule has 0 aliphatic heterocycles. The lowest BCUT2D eigenvalue weighted by Gasteiger charge is -2.20. The van der Waals surface area contributed by atoms with E-state index >= 15 is 0 Å². The van der Waals surface area contributed by atoms with Crippen LogP contribution >= 0.6 is 0 Å². The molecule has 0 saturated carbocycles. The molecule has 1 aromatic heterocycles. The summed E-state index contributed by atoms with van der Waals surface area (Å²) in [5, 5.41) is 3.47. The molecule has 0 amide bonds. The average molecular weight is 256 g/mol. The molecule has 0 bridgehead atoms. The second kappa shape index (κ2) is 6.34. The van der Waals surface area contributed by atoms with Gasteiger partial charge in [-0.15, -0.1) is 0 Å². The summed E-state index contributed by atoms with van der Waals surface area (Å²) in [4.78, 5) is 4.49. The molecule has 1 heterocycles. The average Bonchev–Trinajstić information content (AvgIpc) is 2.45. The number of ether oxygens (including phenoxy) is 1. The molecule has 3 nitrogen and oxygen atoms in total. The van der Waals surface area contributed by atoms with Gasteiger partial charge in [0.1, 0.15) is 11.4 Å². The smallest absolute Gasteiger partial charge is 0.142 e. The molecule has 1 N–H and O–H groups in total. The monoisotopic (exact) mass is 256 g/mol. The van der Waals surface area contributed by atoms with Crippen molar-refractivity contribution in [3.63, 3.8) is 0 Å². The van der Waals surface area contributed by atoms with E-state index in [2.05, 4.69) is 48.4 Å². The van der Waals surface area contributed by atoms with Crippen LogP contribution in [0.1, 0.15) is 29.8 Å². The van der Waals surface area contributed by atoms with Gasteiger partial charge < -0.3 is 10.1 Å². The van der Waals surface area contributed by atoms with Gasteiger partial charge in [-0.25, -0.2) is 0 Å². The van der Waals surface area contributed by atoms with E-state index in [4.69, 9.17) is 4.74 Å². The lowest BCUT2D eigenvalue weighted by Crippen LogP contribution is -2.23. The minimum atomic E-state index is 0.0565. The van der Waals surface area contributed by atoms with Crippen LogP contribution in [0, 0.1) is 6.92 Å². The zero-order valence-electron chi connectivity index (χ0n) is 11.7. The Bertz CT molecular complexity index is 540. The van der Waals surface area contributed by atoms with E-state index in [-0.39, 0.29) is 6.04 Å². The van der Waals surface area contributed by atoms with Crippen LogP contribution in [0.25, 0.3) is 0 Å². The molecule has 0 saturated heterocycles. The summed E-state index contributed by atoms with van der Waals surface area (Å²) < 4.78 is 5.42. The fourth-order valence-corrected chi connectivity index (χ4v) is 2.22. The standard InChI is InChI=1S/C16H20N2O/c1-4-17-15(13-8-5-7-12(2)11-13)16-14(19-3)9-6-10-18-16/h5-11,15,17H,4H2,1-3H3. The number of aromatic nitrogens is 1. The minimum Gasteiger partial charge on any atom is -0.495 e. The zero-order valence-corrected chi connectivity index (χ0v) is 11.7. The first-order valence-electron chi connectivity index (χ1n) is 6.55. The van der Waals surface area contributed by atoms with Crippen LogP contribution in [0.5, 0.6) is 5.75 Å². The molecule has 3 heteroatoms. The summed E-state index contributed by atoms with van der Waals surface area (Å²) in [5.41, 5.74) is 3.38. The Morgan fingerprint density at radius 3 is 2.79 bits per heavy atom. The number of pyridine rings is 1. The van der Waals surface area contributed by atoms with Crippen LogP contribution in [0.4, 0.5) is 0 Å². The highest BCUT2D eigenvalue weighted by molar-refractivity contribution is 5.38. The summed E-state index contributed by atoms with van der Waals surface area (Å²) in [5.74, 6) is 0.815. The zero-order chi connectivity index (χ0) is 13.7. The van der Waals surface area contributed by atoms with Gasteiger partial charge in [-0.1, -0.05) is 36.8 Å². The van der Waals surface area contributed by atoms with E-state index < -0.39 is 0 Å². The molecular weight excluding hydrogens is 236 g/mol. The van der Waals surface area contributed by atoms with Crippen molar-refractivity contribution in [1.29, 1.82) is 0 Å². The van der Waals surface area contributed by atoms with Gasteiger partial charge in [-0.2, -0.15) is 0 Å². The van der Waals surface area contributed by atoms with Crippen LogP contribution in [-0.4, -0.2) is 18.6 Å². The topological polar surface area (TPSA) is 34.2 Å². The lowest BCUT2D eigenvalue weighted by molar-refractivity contribution is 0.400. The highest BCUT2D eigenvalue weighted by Crippen LogP contribution is 2.28. The fraction of sp³-hybridized carbons (Fsp3) is 0.312. The number of aryl methyl sites for hydroxylation is 1. The maximum atomic E-state index is 5.42. The van der Waals surface area contributed by atoms with Crippen molar-refractivity contribution in [2.75, 3.05) is 13.7 Å². The van der Waals surface area contributed by atoms with Gasteiger partial charge in [-0.3, -0.25) is 4.98 Å². The van der Waals surface area contributed by atoms with Gasteiger partial charge in [0.2, 0.25) is 0 Å². The molecule has 2 rings (SSSR count). The van der Waals surface area contributed by atoms with E-state index in [1.165, 1.54) is 11.1 Å². The first-order valence-corrected chi connectivity index (χ1v) is 6.55. The largest absolute Gasteiger partial charge is 0.495 e. The molecule has 2 aromatic rings. The predicted octanol–water partition coefficient (Wildman–Crippen LogP) is 3.10. The quantitative estimate of drug-likeness (QED) is 0.892. The number of nitrogens with one attached hydrogen (secondary N) is 1. The van der Waals surface area contributed by atoms with Crippen molar-refractivity contribution in [1.82, 2.24) is 10.3 Å². The number of benzene rings is 1. The van der Waals surface area contributed by atoms with Crippen molar-refractivity contribution in [3.8, 4) is 5.75 Å². The Morgan fingerprint density at radius 2 is 2.11 bits per heavy atom. The van der Waals surface area contributed by atoms with E-state index in [0.717, 1.165) is 18.0 Å². The number of hydrogen-bond donors (Lipinski definition) is 1. The maximum Gasteiger partial charge on any atom is 0.142 e. The lowest BCUT2D eigenvalue weighted by atomic mass is 10.0. The summed E-state index contributed by atoms with van der Waals surface area (Å²) in [7, 11) is 1.68. The summed E-state index contributed by atoms with van der Waals surface area (Å²) in [6, 6.07) is 12.4. The Balaban J connectivity index is 2.45. The van der Waals surface area contributed by atoms with Crippen LogP contribution < -0.4 is 10.1 Å². The fourth-order valence-electron chi connectivity index (χ4n) is 2.22. The van der Waals surface area contributed by atoms with E-state index in [0.29, 0.717) is 0 Å². The molecular formula is C16H20N2O. The molecule has 0 spiro atoms. The summed E-state index contributed by atoms with van der Waals surface area (Å²) in [6.07, 6.45) is 1.80. The molecule has 1 unspecified atom stereocenters. The van der Waals surface area contributed by atoms with Crippen LogP contribution in [0.3, 0.4) is 0 Å². The van der Waals surface area contributed by atoms with E-state index in [1.54, 1.807) is 13.3 Å². The van der Waals surface area contributed by atoms with Crippen molar-refractivity contribution in [2.24, 2.45) is 0 Å². The molecule has 0 radical (unpaired) electrons. The third-order valence-corrected chi connectivity index (χ3v) is 3.08. The number of hydrogen-bond acceptors (Lipinski definition) is 3. The van der Waals surface area contributed by atoms with Crippen LogP contribution in [0.15, 0.2) is 42.6 Å². The second-order valence-electron chi connectivity index (χ2n) is 4.50. The maximum absolute atomic E-state index is 5.42. The third kappa shape index (κ3) is 3.12. The molecule has 1 aromatic carbocycles. The van der Waals surface area contributed by atoms with Crippen molar-refractivity contribution in [2.45, 2.75) is 19.9 Å². The highest BCUT2D eigenvalue weighted by atomic mass is 16.5. The van der Waals surface area contributed by atoms with Gasteiger partial charge in [-0.05, 0) is 31.2 Å². The van der Waals surface area contributed by atoms with Crippen LogP contribution in [0.2, 0.25) is 0 Å². The van der Waals surface area contributed by atoms with Gasteiger partial charge in [0.25, 0.3) is 0 Å². The predicted molar refractivity (Wildman–Crippen MR) is 77.5 cm³/mol. The summed E-state index contributed by atoms with van der Waals surface area (Å²) in [6.45, 7) is 5.07. The summed E-state index contributed by atoms with van der Waals surface area (Å²) >= 11 is 0. The SMILES string of the molecule is CCNC(c1cccc(C)c1)c1ncccc1OC. The molecule has 100 valence electrons. The normalized spacial score (nSPS) is 12.2. The van der Waals surface area contributed by atoms with E-state index in [1.807, 2.05) is 12.1 Å². The van der Waals surface area contributed by atoms with Crippen LogP contribution in [-0.2, 0) is 0 Å². The van der Waals surface area contributed by atoms with Crippen molar-refractivity contribution >= 4 is 0 Å². The molecule has 1 atom stereocenters. The first kappa shape index (κ1) is 13.6. The first-order chi connectivity index (χ1) is 9.26. The second-order valence-corrected chi connectivity index (χ2v) is 4.50. The Labute approximate surface area is 114 Å².